The van der Waals surface area contributed by atoms with Crippen molar-refractivity contribution in [2.75, 3.05) is 6.61 Å². The van der Waals surface area contributed by atoms with Crippen LogP contribution in [0.2, 0.25) is 0 Å². The third-order valence-electron chi connectivity index (χ3n) is 2.00. The Balaban J connectivity index is 2.18. The number of esters is 1. The van der Waals surface area contributed by atoms with Crippen molar-refractivity contribution in [3.05, 3.63) is 0 Å². The molecule has 0 aromatic heterocycles. The Morgan fingerprint density at radius 3 is 2.50 bits per heavy atom. The van der Waals surface area contributed by atoms with E-state index in [1.54, 1.807) is 0 Å². The number of halogens is 1. The molecule has 3 heteroatoms. The maximum atomic E-state index is 11.2. The molecule has 0 amide bonds. The van der Waals surface area contributed by atoms with E-state index in [9.17, 15) is 4.79 Å². The van der Waals surface area contributed by atoms with Crippen LogP contribution < -0.4 is 0 Å². The van der Waals surface area contributed by atoms with Gasteiger partial charge in [0, 0.05) is 0 Å². The monoisotopic (exact) mass is 234 g/mol. The highest BCUT2D eigenvalue weighted by atomic mass is 79.9. The summed E-state index contributed by atoms with van der Waals surface area (Å²) in [5.74, 6) is 0.175. The highest BCUT2D eigenvalue weighted by Crippen LogP contribution is 2.28. The van der Waals surface area contributed by atoms with E-state index in [2.05, 4.69) is 15.9 Å². The first-order valence-electron chi connectivity index (χ1n) is 4.34. The van der Waals surface area contributed by atoms with Gasteiger partial charge < -0.3 is 4.74 Å². The number of rotatable bonds is 3. The molecule has 0 aromatic carbocycles. The first-order valence-corrected chi connectivity index (χ1v) is 5.14. The van der Waals surface area contributed by atoms with Crippen LogP contribution in [-0.2, 0) is 9.53 Å². The molecule has 0 aliphatic heterocycles. The van der Waals surface area contributed by atoms with Crippen molar-refractivity contribution < 1.29 is 9.53 Å². The first-order chi connectivity index (χ1) is 5.49. The van der Waals surface area contributed by atoms with E-state index in [-0.39, 0.29) is 16.2 Å². The van der Waals surface area contributed by atoms with E-state index in [1.165, 1.54) is 6.42 Å². The third-order valence-corrected chi connectivity index (χ3v) is 2.23. The Labute approximate surface area is 81.8 Å². The van der Waals surface area contributed by atoms with E-state index in [4.69, 9.17) is 4.74 Å². The predicted molar refractivity (Wildman–Crippen MR) is 51.3 cm³/mol. The van der Waals surface area contributed by atoms with E-state index in [0.29, 0.717) is 6.61 Å². The summed E-state index contributed by atoms with van der Waals surface area (Å²) >= 11 is 3.42. The van der Waals surface area contributed by atoms with Crippen LogP contribution in [0.25, 0.3) is 0 Å². The summed E-state index contributed by atoms with van der Waals surface area (Å²) in [6, 6.07) is 0. The number of alkyl halides is 1. The standard InChI is InChI=1S/C9H15BrO2/c1-9(2,10)6-12-8(11)7-4-3-5-7/h7H,3-6H2,1-2H3. The Kier molecular flexibility index (Phi) is 3.16. The summed E-state index contributed by atoms with van der Waals surface area (Å²) in [6.07, 6.45) is 3.21. The van der Waals surface area contributed by atoms with Crippen molar-refractivity contribution in [1.29, 1.82) is 0 Å². The van der Waals surface area contributed by atoms with Gasteiger partial charge in [-0.25, -0.2) is 0 Å². The number of ether oxygens (including phenoxy) is 1. The number of carbonyl (C=O) groups is 1. The average Bonchev–Trinajstić information content (AvgIpc) is 1.78. The van der Waals surface area contributed by atoms with Gasteiger partial charge in [0.05, 0.1) is 10.2 Å². The van der Waals surface area contributed by atoms with E-state index < -0.39 is 0 Å². The predicted octanol–water partition coefficient (Wildman–Crippen LogP) is 2.50. The third kappa shape index (κ3) is 3.13. The molecule has 0 N–H and O–H groups in total. The molecule has 0 bridgehead atoms. The van der Waals surface area contributed by atoms with E-state index >= 15 is 0 Å². The van der Waals surface area contributed by atoms with Crippen LogP contribution in [0.5, 0.6) is 0 Å². The van der Waals surface area contributed by atoms with Crippen LogP contribution >= 0.6 is 15.9 Å². The van der Waals surface area contributed by atoms with Crippen LogP contribution in [0.15, 0.2) is 0 Å². The molecule has 12 heavy (non-hydrogen) atoms. The second-order valence-electron chi connectivity index (χ2n) is 3.95. The van der Waals surface area contributed by atoms with Gasteiger partial charge >= 0.3 is 5.97 Å². The van der Waals surface area contributed by atoms with Crippen molar-refractivity contribution in [1.82, 2.24) is 0 Å². The molecule has 0 spiro atoms. The lowest BCUT2D eigenvalue weighted by Crippen LogP contribution is -2.28. The van der Waals surface area contributed by atoms with Crippen molar-refractivity contribution in [2.24, 2.45) is 5.92 Å². The highest BCUT2D eigenvalue weighted by molar-refractivity contribution is 9.10. The molecule has 0 aromatic rings. The lowest BCUT2D eigenvalue weighted by Gasteiger charge is -2.25. The van der Waals surface area contributed by atoms with Gasteiger partial charge in [-0.1, -0.05) is 22.4 Å². The minimum absolute atomic E-state index is 0.0197. The maximum Gasteiger partial charge on any atom is 0.308 e. The van der Waals surface area contributed by atoms with Crippen LogP contribution in [0, 0.1) is 5.92 Å². The molecular weight excluding hydrogens is 220 g/mol. The second-order valence-corrected chi connectivity index (χ2v) is 6.10. The summed E-state index contributed by atoms with van der Waals surface area (Å²) in [6.45, 7) is 4.43. The number of carbonyl (C=O) groups excluding carboxylic acids is 1. The van der Waals surface area contributed by atoms with E-state index in [1.807, 2.05) is 13.8 Å². The lowest BCUT2D eigenvalue weighted by molar-refractivity contribution is -0.151. The molecule has 0 saturated heterocycles. The molecule has 0 radical (unpaired) electrons. The molecule has 0 atom stereocenters. The quantitative estimate of drug-likeness (QED) is 0.555. The SMILES string of the molecule is CC(C)(Br)COC(=O)C1CCC1. The Bertz CT molecular complexity index is 168. The molecule has 1 saturated carbocycles. The maximum absolute atomic E-state index is 11.2. The van der Waals surface area contributed by atoms with Crippen molar-refractivity contribution in [3.63, 3.8) is 0 Å². The van der Waals surface area contributed by atoms with Crippen molar-refractivity contribution in [2.45, 2.75) is 37.4 Å². The smallest absolute Gasteiger partial charge is 0.308 e. The van der Waals surface area contributed by atoms with Gasteiger partial charge in [0.15, 0.2) is 0 Å². The molecule has 2 nitrogen and oxygen atoms in total. The van der Waals surface area contributed by atoms with Gasteiger partial charge in [-0.15, -0.1) is 0 Å². The fourth-order valence-corrected chi connectivity index (χ4v) is 1.12. The van der Waals surface area contributed by atoms with Crippen molar-refractivity contribution in [3.8, 4) is 0 Å². The van der Waals surface area contributed by atoms with Crippen LogP contribution in [0.1, 0.15) is 33.1 Å². The Morgan fingerprint density at radius 1 is 1.58 bits per heavy atom. The normalized spacial score (nSPS) is 18.6. The summed E-state index contributed by atoms with van der Waals surface area (Å²) in [5, 5.41) is 0. The van der Waals surface area contributed by atoms with Gasteiger partial charge in [-0.3, -0.25) is 4.79 Å². The molecule has 1 aliphatic carbocycles. The lowest BCUT2D eigenvalue weighted by atomic mass is 9.86. The molecule has 1 aliphatic rings. The largest absolute Gasteiger partial charge is 0.464 e. The summed E-state index contributed by atoms with van der Waals surface area (Å²) in [4.78, 5) is 11.2. The van der Waals surface area contributed by atoms with Crippen LogP contribution in [0.3, 0.4) is 0 Å². The average molecular weight is 235 g/mol. The van der Waals surface area contributed by atoms with Crippen LogP contribution in [-0.4, -0.2) is 16.9 Å². The van der Waals surface area contributed by atoms with Gasteiger partial charge in [0.2, 0.25) is 0 Å². The first kappa shape index (κ1) is 10.0. The molecule has 0 heterocycles. The summed E-state index contributed by atoms with van der Waals surface area (Å²) in [5.41, 5.74) is 0. The fraction of sp³-hybridized carbons (Fsp3) is 0.889. The Hall–Kier alpha value is -0.0500. The molecule has 1 fully saturated rings. The summed E-state index contributed by atoms with van der Waals surface area (Å²) in [7, 11) is 0. The number of hydrogen-bond donors (Lipinski definition) is 0. The van der Waals surface area contributed by atoms with Crippen molar-refractivity contribution >= 4 is 21.9 Å². The van der Waals surface area contributed by atoms with Gasteiger partial charge in [-0.2, -0.15) is 0 Å². The fourth-order valence-electron chi connectivity index (χ4n) is 1.00. The van der Waals surface area contributed by atoms with E-state index in [0.717, 1.165) is 12.8 Å². The minimum Gasteiger partial charge on any atom is -0.464 e. The minimum atomic E-state index is -0.0909. The summed E-state index contributed by atoms with van der Waals surface area (Å²) < 4.78 is 5.03. The van der Waals surface area contributed by atoms with Gasteiger partial charge in [0.25, 0.3) is 0 Å². The highest BCUT2D eigenvalue weighted by Gasteiger charge is 2.27. The zero-order chi connectivity index (χ0) is 9.19. The number of hydrogen-bond acceptors (Lipinski definition) is 2. The zero-order valence-corrected chi connectivity index (χ0v) is 9.19. The molecule has 1 rings (SSSR count). The zero-order valence-electron chi connectivity index (χ0n) is 7.60. The molecule has 0 unspecified atom stereocenters. The van der Waals surface area contributed by atoms with Crippen LogP contribution in [0.4, 0.5) is 0 Å². The van der Waals surface area contributed by atoms with Gasteiger partial charge in [0.1, 0.15) is 6.61 Å². The topological polar surface area (TPSA) is 26.3 Å². The Morgan fingerprint density at radius 2 is 2.17 bits per heavy atom. The van der Waals surface area contributed by atoms with Gasteiger partial charge in [-0.05, 0) is 26.7 Å². The second kappa shape index (κ2) is 3.77. The molecular formula is C9H15BrO2. The molecule has 70 valence electrons.